The number of thioether (sulfide) groups is 1. The molecule has 19 heavy (non-hydrogen) atoms. The average Bonchev–Trinajstić information content (AvgIpc) is 2.41. The second-order valence-corrected chi connectivity index (χ2v) is 5.86. The normalized spacial score (nSPS) is 10.5. The van der Waals surface area contributed by atoms with Gasteiger partial charge in [0.25, 0.3) is 0 Å². The van der Waals surface area contributed by atoms with Crippen LogP contribution in [0.3, 0.4) is 0 Å². The van der Waals surface area contributed by atoms with Gasteiger partial charge >= 0.3 is 0 Å². The molecule has 2 aromatic carbocycles. The van der Waals surface area contributed by atoms with Crippen LogP contribution in [-0.2, 0) is 0 Å². The van der Waals surface area contributed by atoms with Crippen molar-refractivity contribution in [2.45, 2.75) is 4.90 Å². The fourth-order valence-corrected chi connectivity index (χ4v) is 2.63. The maximum Gasteiger partial charge on any atom is 0.147 e. The van der Waals surface area contributed by atoms with Gasteiger partial charge in [-0.3, -0.25) is 0 Å². The molecule has 0 aliphatic carbocycles. The van der Waals surface area contributed by atoms with Gasteiger partial charge in [0.15, 0.2) is 0 Å². The summed E-state index contributed by atoms with van der Waals surface area (Å²) in [5.41, 5.74) is 0.189. The summed E-state index contributed by atoms with van der Waals surface area (Å²) in [5, 5.41) is 2.89. The predicted octanol–water partition coefficient (Wildman–Crippen LogP) is 4.93. The quantitative estimate of drug-likeness (QED) is 0.469. The standard InChI is InChI=1S/C14H12BrF2NS/c15-11-8-13(17)14(9-12(11)16)18-6-7-19-10-4-2-1-3-5-10/h1-5,8-9,18H,6-7H2. The minimum Gasteiger partial charge on any atom is -0.382 e. The zero-order chi connectivity index (χ0) is 13.7. The Bertz CT molecular complexity index is 549. The van der Waals surface area contributed by atoms with Gasteiger partial charge in [0.2, 0.25) is 0 Å². The molecule has 0 atom stereocenters. The van der Waals surface area contributed by atoms with Gasteiger partial charge in [0.1, 0.15) is 11.6 Å². The highest BCUT2D eigenvalue weighted by atomic mass is 79.9. The lowest BCUT2D eigenvalue weighted by atomic mass is 10.3. The van der Waals surface area contributed by atoms with Crippen LogP contribution >= 0.6 is 27.7 Å². The van der Waals surface area contributed by atoms with Crippen LogP contribution < -0.4 is 5.32 Å². The third kappa shape index (κ3) is 4.21. The van der Waals surface area contributed by atoms with Crippen LogP contribution in [0.4, 0.5) is 14.5 Å². The Morgan fingerprint density at radius 3 is 2.53 bits per heavy atom. The van der Waals surface area contributed by atoms with Gasteiger partial charge in [-0.1, -0.05) is 18.2 Å². The van der Waals surface area contributed by atoms with E-state index in [1.54, 1.807) is 11.8 Å². The Balaban J connectivity index is 1.85. The number of benzene rings is 2. The van der Waals surface area contributed by atoms with Crippen LogP contribution in [0.15, 0.2) is 51.8 Å². The second-order valence-electron chi connectivity index (χ2n) is 3.83. The summed E-state index contributed by atoms with van der Waals surface area (Å²) in [5.74, 6) is -0.154. The third-order valence-corrected chi connectivity index (χ3v) is 4.06. The monoisotopic (exact) mass is 343 g/mol. The molecule has 2 rings (SSSR count). The first-order chi connectivity index (χ1) is 9.16. The van der Waals surface area contributed by atoms with Crippen molar-refractivity contribution in [1.82, 2.24) is 0 Å². The maximum atomic E-state index is 13.5. The fraction of sp³-hybridized carbons (Fsp3) is 0.143. The van der Waals surface area contributed by atoms with Crippen LogP contribution in [0, 0.1) is 11.6 Å². The topological polar surface area (TPSA) is 12.0 Å². The van der Waals surface area contributed by atoms with Crippen LogP contribution in [0.1, 0.15) is 0 Å². The van der Waals surface area contributed by atoms with E-state index < -0.39 is 11.6 Å². The van der Waals surface area contributed by atoms with E-state index in [1.807, 2.05) is 30.3 Å². The van der Waals surface area contributed by atoms with Crippen LogP contribution in [0.5, 0.6) is 0 Å². The molecule has 0 saturated heterocycles. The molecule has 0 aromatic heterocycles. The van der Waals surface area contributed by atoms with Crippen LogP contribution in [0.2, 0.25) is 0 Å². The van der Waals surface area contributed by atoms with Gasteiger partial charge in [-0.25, -0.2) is 8.78 Å². The molecule has 0 aliphatic rings. The zero-order valence-corrected chi connectivity index (χ0v) is 12.4. The molecule has 0 amide bonds. The molecule has 0 fully saturated rings. The highest BCUT2D eigenvalue weighted by Crippen LogP contribution is 2.23. The van der Waals surface area contributed by atoms with Gasteiger partial charge in [0.05, 0.1) is 10.2 Å². The lowest BCUT2D eigenvalue weighted by molar-refractivity contribution is 0.597. The lowest BCUT2D eigenvalue weighted by Crippen LogP contribution is -2.06. The average molecular weight is 344 g/mol. The van der Waals surface area contributed by atoms with E-state index in [1.165, 1.54) is 0 Å². The summed E-state index contributed by atoms with van der Waals surface area (Å²) < 4.78 is 26.9. The molecule has 0 radical (unpaired) electrons. The Morgan fingerprint density at radius 1 is 1.05 bits per heavy atom. The van der Waals surface area contributed by atoms with E-state index >= 15 is 0 Å². The summed E-state index contributed by atoms with van der Waals surface area (Å²) in [7, 11) is 0. The summed E-state index contributed by atoms with van der Waals surface area (Å²) >= 11 is 4.61. The molecule has 0 heterocycles. The number of rotatable bonds is 5. The first kappa shape index (κ1) is 14.3. The molecule has 0 aliphatic heterocycles. The number of hydrogen-bond donors (Lipinski definition) is 1. The Labute approximate surface area is 123 Å². The van der Waals surface area contributed by atoms with Crippen molar-refractivity contribution in [3.63, 3.8) is 0 Å². The highest BCUT2D eigenvalue weighted by molar-refractivity contribution is 9.10. The molecule has 0 bridgehead atoms. The van der Waals surface area contributed by atoms with Crippen molar-refractivity contribution >= 4 is 33.4 Å². The molecule has 5 heteroatoms. The number of nitrogens with one attached hydrogen (secondary N) is 1. The molecule has 2 aromatic rings. The van der Waals surface area contributed by atoms with Gasteiger partial charge in [0, 0.05) is 23.3 Å². The van der Waals surface area contributed by atoms with E-state index in [0.717, 1.165) is 22.8 Å². The van der Waals surface area contributed by atoms with Crippen LogP contribution in [-0.4, -0.2) is 12.3 Å². The molecule has 0 unspecified atom stereocenters. The highest BCUT2D eigenvalue weighted by Gasteiger charge is 2.07. The second kappa shape index (κ2) is 6.91. The summed E-state index contributed by atoms with van der Waals surface area (Å²) in [6, 6.07) is 12.2. The fourth-order valence-electron chi connectivity index (χ4n) is 1.53. The Kier molecular flexibility index (Phi) is 5.22. The largest absolute Gasteiger partial charge is 0.382 e. The summed E-state index contributed by atoms with van der Waals surface area (Å²) in [6.07, 6.45) is 0. The minimum absolute atomic E-state index is 0.134. The lowest BCUT2D eigenvalue weighted by Gasteiger charge is -2.08. The van der Waals surface area contributed by atoms with E-state index in [2.05, 4.69) is 21.2 Å². The Morgan fingerprint density at radius 2 is 1.79 bits per heavy atom. The smallest absolute Gasteiger partial charge is 0.147 e. The van der Waals surface area contributed by atoms with Gasteiger partial charge in [-0.15, -0.1) is 11.8 Å². The number of anilines is 1. The molecule has 0 spiro atoms. The Hall–Kier alpha value is -1.07. The van der Waals surface area contributed by atoms with Gasteiger partial charge in [-0.05, 0) is 34.1 Å². The van der Waals surface area contributed by atoms with Gasteiger partial charge < -0.3 is 5.32 Å². The predicted molar refractivity (Wildman–Crippen MR) is 79.7 cm³/mol. The van der Waals surface area contributed by atoms with Crippen molar-refractivity contribution in [2.75, 3.05) is 17.6 Å². The van der Waals surface area contributed by atoms with Crippen LogP contribution in [0.25, 0.3) is 0 Å². The molecule has 0 saturated carbocycles. The number of halogens is 3. The van der Waals surface area contributed by atoms with E-state index in [0.29, 0.717) is 6.54 Å². The molecule has 100 valence electrons. The van der Waals surface area contributed by atoms with Crippen molar-refractivity contribution in [3.8, 4) is 0 Å². The SMILES string of the molecule is Fc1cc(NCCSc2ccccc2)c(F)cc1Br. The summed E-state index contributed by atoms with van der Waals surface area (Å²) in [6.45, 7) is 0.567. The van der Waals surface area contributed by atoms with Crippen molar-refractivity contribution in [2.24, 2.45) is 0 Å². The molecular formula is C14H12BrF2NS. The molecular weight excluding hydrogens is 332 g/mol. The first-order valence-corrected chi connectivity index (χ1v) is 7.51. The first-order valence-electron chi connectivity index (χ1n) is 5.73. The van der Waals surface area contributed by atoms with Crippen molar-refractivity contribution in [3.05, 3.63) is 58.6 Å². The van der Waals surface area contributed by atoms with E-state index in [4.69, 9.17) is 0 Å². The maximum absolute atomic E-state index is 13.5. The van der Waals surface area contributed by atoms with Gasteiger partial charge in [-0.2, -0.15) is 0 Å². The van der Waals surface area contributed by atoms with Crippen molar-refractivity contribution < 1.29 is 8.78 Å². The van der Waals surface area contributed by atoms with E-state index in [-0.39, 0.29) is 10.2 Å². The van der Waals surface area contributed by atoms with Crippen molar-refractivity contribution in [1.29, 1.82) is 0 Å². The third-order valence-electron chi connectivity index (χ3n) is 2.44. The minimum atomic E-state index is -0.473. The number of hydrogen-bond acceptors (Lipinski definition) is 2. The van der Waals surface area contributed by atoms with E-state index in [9.17, 15) is 8.78 Å². The molecule has 1 nitrogen and oxygen atoms in total. The summed E-state index contributed by atoms with van der Waals surface area (Å²) in [4.78, 5) is 1.16. The zero-order valence-electron chi connectivity index (χ0n) is 10.00. The molecule has 1 N–H and O–H groups in total.